The van der Waals surface area contributed by atoms with Crippen LogP contribution in [0.4, 0.5) is 0 Å². The van der Waals surface area contributed by atoms with Crippen LogP contribution in [0.5, 0.6) is 11.6 Å². The van der Waals surface area contributed by atoms with Crippen LogP contribution in [-0.2, 0) is 10.3 Å². The van der Waals surface area contributed by atoms with Gasteiger partial charge in [0.25, 0.3) is 5.88 Å². The predicted molar refractivity (Wildman–Crippen MR) is 95.8 cm³/mol. The van der Waals surface area contributed by atoms with Gasteiger partial charge in [0.05, 0.1) is 25.3 Å². The van der Waals surface area contributed by atoms with Gasteiger partial charge >= 0.3 is 11.9 Å². The van der Waals surface area contributed by atoms with E-state index < -0.39 is 17.5 Å². The minimum atomic E-state index is -0.946. The molecule has 1 heterocycles. The van der Waals surface area contributed by atoms with Crippen LogP contribution in [0.1, 0.15) is 40.5 Å². The number of hydrogen-bond acceptors (Lipinski definition) is 8. The van der Waals surface area contributed by atoms with E-state index in [0.29, 0.717) is 5.56 Å². The van der Waals surface area contributed by atoms with Crippen LogP contribution in [0.15, 0.2) is 30.3 Å². The maximum absolute atomic E-state index is 12.3. The summed E-state index contributed by atoms with van der Waals surface area (Å²) in [6.45, 7) is 3.33. The van der Waals surface area contributed by atoms with Crippen molar-refractivity contribution in [2.45, 2.75) is 19.4 Å². The fraction of sp³-hybridized carbons (Fsp3) is 0.294. The third-order valence-electron chi connectivity index (χ3n) is 3.19. The molecule has 0 aliphatic heterocycles. The molecule has 2 rings (SSSR count). The molecule has 0 radical (unpaired) electrons. The number of nitrogens with two attached hydrogens (primary N) is 1. The Morgan fingerprint density at radius 1 is 1.04 bits per heavy atom. The topological polar surface area (TPSA) is 114 Å². The summed E-state index contributed by atoms with van der Waals surface area (Å²) in [5.74, 6) is -1.66. The molecule has 0 atom stereocenters. The van der Waals surface area contributed by atoms with Gasteiger partial charge in [-0.2, -0.15) is 4.98 Å². The normalized spacial score (nSPS) is 10.5. The number of carbonyl (C=O) groups is 2. The Morgan fingerprint density at radius 3 is 2.15 bits per heavy atom. The minimum Gasteiger partial charge on any atom is -0.478 e. The summed E-state index contributed by atoms with van der Waals surface area (Å²) in [5, 5.41) is 0. The summed E-state index contributed by atoms with van der Waals surface area (Å²) in [6.07, 6.45) is 0. The van der Waals surface area contributed by atoms with Gasteiger partial charge in [0.15, 0.2) is 11.5 Å². The molecule has 0 amide bonds. The second-order valence-corrected chi connectivity index (χ2v) is 5.70. The summed E-state index contributed by atoms with van der Waals surface area (Å²) in [4.78, 5) is 32.7. The molecule has 0 fully saturated rings. The Bertz CT molecular complexity index is 791. The van der Waals surface area contributed by atoms with Gasteiger partial charge in [-0.3, -0.25) is 0 Å². The van der Waals surface area contributed by atoms with Gasteiger partial charge in [-0.25, -0.2) is 14.6 Å². The summed E-state index contributed by atoms with van der Waals surface area (Å²) in [5.41, 5.74) is 5.10. The molecule has 2 N–H and O–H groups in total. The highest BCUT2D eigenvalue weighted by atomic mass is 35.5. The Balaban J connectivity index is 0.00000338. The van der Waals surface area contributed by atoms with E-state index in [1.54, 1.807) is 44.2 Å². The molecule has 0 aliphatic rings. The second kappa shape index (κ2) is 8.59. The third-order valence-corrected chi connectivity index (χ3v) is 3.19. The van der Waals surface area contributed by atoms with E-state index in [4.69, 9.17) is 19.9 Å². The van der Waals surface area contributed by atoms with Crippen LogP contribution in [0.3, 0.4) is 0 Å². The van der Waals surface area contributed by atoms with Crippen LogP contribution in [0, 0.1) is 0 Å². The molecule has 140 valence electrons. The quantitative estimate of drug-likeness (QED) is 0.783. The van der Waals surface area contributed by atoms with Gasteiger partial charge in [-0.1, -0.05) is 18.2 Å². The number of nitrogens with zero attached hydrogens (tertiary/aromatic N) is 2. The fourth-order valence-corrected chi connectivity index (χ4v) is 1.91. The number of hydrogen-bond donors (Lipinski definition) is 1. The van der Waals surface area contributed by atoms with E-state index in [1.807, 2.05) is 0 Å². The molecule has 9 heteroatoms. The zero-order valence-corrected chi connectivity index (χ0v) is 15.6. The first kappa shape index (κ1) is 21.3. The summed E-state index contributed by atoms with van der Waals surface area (Å²) < 4.78 is 15.2. The molecule has 1 aromatic carbocycles. The molecule has 0 saturated heterocycles. The molecule has 0 saturated carbocycles. The number of methoxy groups -OCH3 is 2. The van der Waals surface area contributed by atoms with Crippen molar-refractivity contribution in [3.63, 3.8) is 0 Å². The van der Waals surface area contributed by atoms with Crippen molar-refractivity contribution in [1.82, 2.24) is 9.97 Å². The van der Waals surface area contributed by atoms with Crippen molar-refractivity contribution < 1.29 is 23.8 Å². The van der Waals surface area contributed by atoms with Crippen molar-refractivity contribution in [3.05, 3.63) is 47.4 Å². The smallest absolute Gasteiger partial charge is 0.360 e. The molecule has 0 spiro atoms. The van der Waals surface area contributed by atoms with Gasteiger partial charge < -0.3 is 19.9 Å². The van der Waals surface area contributed by atoms with E-state index in [2.05, 4.69) is 9.97 Å². The molecular weight excluding hydrogens is 362 g/mol. The number of aromatic nitrogens is 2. The number of carbonyl (C=O) groups excluding carboxylic acids is 2. The van der Waals surface area contributed by atoms with E-state index in [-0.39, 0.29) is 35.6 Å². The van der Waals surface area contributed by atoms with E-state index >= 15 is 0 Å². The predicted octanol–water partition coefficient (Wildman–Crippen LogP) is 2.11. The summed E-state index contributed by atoms with van der Waals surface area (Å²) in [7, 11) is 2.52. The van der Waals surface area contributed by atoms with Crippen molar-refractivity contribution in [3.8, 4) is 11.6 Å². The highest BCUT2D eigenvalue weighted by molar-refractivity contribution is 5.95. The Hall–Kier alpha value is -2.71. The molecule has 8 nitrogen and oxygen atoms in total. The number of halogens is 1. The first-order valence-electron chi connectivity index (χ1n) is 7.39. The maximum Gasteiger partial charge on any atom is 0.360 e. The highest BCUT2D eigenvalue weighted by Gasteiger charge is 2.29. The monoisotopic (exact) mass is 381 g/mol. The van der Waals surface area contributed by atoms with Crippen molar-refractivity contribution in [1.29, 1.82) is 0 Å². The maximum atomic E-state index is 12.3. The second-order valence-electron chi connectivity index (χ2n) is 5.70. The first-order valence-corrected chi connectivity index (χ1v) is 7.39. The lowest BCUT2D eigenvalue weighted by molar-refractivity contribution is 0.0582. The zero-order chi connectivity index (χ0) is 18.6. The van der Waals surface area contributed by atoms with Gasteiger partial charge in [0.2, 0.25) is 5.75 Å². The van der Waals surface area contributed by atoms with Gasteiger partial charge in [0.1, 0.15) is 0 Å². The number of rotatable bonds is 5. The van der Waals surface area contributed by atoms with E-state index in [9.17, 15) is 9.59 Å². The van der Waals surface area contributed by atoms with E-state index in [1.165, 1.54) is 14.2 Å². The Morgan fingerprint density at radius 2 is 1.65 bits per heavy atom. The van der Waals surface area contributed by atoms with Crippen LogP contribution in [0.25, 0.3) is 0 Å². The standard InChI is InChI=1S/C17H19N3O5.ClH/c1-17(2,18)16-19-11(15(22)24-4)12(13(20-16)23-3)25-14(21)10-8-6-5-7-9-10;/h5-9H,18H2,1-4H3;1H. The van der Waals surface area contributed by atoms with Crippen molar-refractivity contribution >= 4 is 24.3 Å². The lowest BCUT2D eigenvalue weighted by Crippen LogP contribution is -2.32. The van der Waals surface area contributed by atoms with Gasteiger partial charge in [-0.15, -0.1) is 12.4 Å². The number of esters is 2. The third kappa shape index (κ3) is 4.68. The summed E-state index contributed by atoms with van der Waals surface area (Å²) >= 11 is 0. The number of ether oxygens (including phenoxy) is 3. The highest BCUT2D eigenvalue weighted by Crippen LogP contribution is 2.31. The number of benzene rings is 1. The molecule has 2 aromatic rings. The average molecular weight is 382 g/mol. The van der Waals surface area contributed by atoms with E-state index in [0.717, 1.165) is 0 Å². The molecule has 1 aromatic heterocycles. The average Bonchev–Trinajstić information content (AvgIpc) is 2.60. The van der Waals surface area contributed by atoms with Gasteiger partial charge in [-0.05, 0) is 26.0 Å². The first-order chi connectivity index (χ1) is 11.8. The van der Waals surface area contributed by atoms with Crippen LogP contribution >= 0.6 is 12.4 Å². The lowest BCUT2D eigenvalue weighted by atomic mass is 10.1. The molecule has 0 aliphatic carbocycles. The van der Waals surface area contributed by atoms with Crippen molar-refractivity contribution in [2.75, 3.05) is 14.2 Å². The summed E-state index contributed by atoms with van der Waals surface area (Å²) in [6, 6.07) is 8.28. The molecule has 26 heavy (non-hydrogen) atoms. The van der Waals surface area contributed by atoms with Crippen LogP contribution in [-0.4, -0.2) is 36.1 Å². The van der Waals surface area contributed by atoms with Crippen LogP contribution < -0.4 is 15.2 Å². The Labute approximate surface area is 157 Å². The molecule has 0 unspecified atom stereocenters. The fourth-order valence-electron chi connectivity index (χ4n) is 1.91. The Kier molecular flexibility index (Phi) is 7.05. The van der Waals surface area contributed by atoms with Crippen LogP contribution in [0.2, 0.25) is 0 Å². The molecule has 0 bridgehead atoms. The largest absolute Gasteiger partial charge is 0.478 e. The van der Waals surface area contributed by atoms with Gasteiger partial charge in [0, 0.05) is 0 Å². The lowest BCUT2D eigenvalue weighted by Gasteiger charge is -2.19. The van der Waals surface area contributed by atoms with Crippen molar-refractivity contribution in [2.24, 2.45) is 5.73 Å². The SMILES string of the molecule is COC(=O)c1nc(C(C)(C)N)nc(OC)c1OC(=O)c1ccccc1.Cl. The zero-order valence-electron chi connectivity index (χ0n) is 14.8. The minimum absolute atomic E-state index is 0. The molecular formula is C17H20ClN3O5.